The lowest BCUT2D eigenvalue weighted by atomic mass is 10.2. The molecule has 0 saturated carbocycles. The molecule has 1 saturated heterocycles. The molecule has 1 aromatic carbocycles. The predicted molar refractivity (Wildman–Crippen MR) is 84.0 cm³/mol. The van der Waals surface area contributed by atoms with Gasteiger partial charge in [-0.05, 0) is 44.1 Å². The van der Waals surface area contributed by atoms with E-state index in [1.54, 1.807) is 18.2 Å². The molecule has 0 atom stereocenters. The highest BCUT2D eigenvalue weighted by Gasteiger charge is 2.11. The molecule has 4 nitrogen and oxygen atoms in total. The number of carbonyl (C=O) groups is 1. The van der Waals surface area contributed by atoms with Crippen molar-refractivity contribution in [2.45, 2.75) is 32.1 Å². The fourth-order valence-corrected chi connectivity index (χ4v) is 2.64. The quantitative estimate of drug-likeness (QED) is 0.839. The number of amides is 1. The number of carbonyl (C=O) groups excluding carboxylic acids is 1. The first-order valence-electron chi connectivity index (χ1n) is 7.22. The Labute approximate surface area is 125 Å². The van der Waals surface area contributed by atoms with Gasteiger partial charge in [-0.15, -0.1) is 0 Å². The van der Waals surface area contributed by atoms with Gasteiger partial charge in [-0.1, -0.05) is 24.4 Å². The van der Waals surface area contributed by atoms with Crippen LogP contribution >= 0.6 is 11.6 Å². The number of anilines is 2. The molecule has 110 valence electrons. The van der Waals surface area contributed by atoms with E-state index in [-0.39, 0.29) is 5.91 Å². The first-order valence-corrected chi connectivity index (χ1v) is 7.60. The molecule has 1 aromatic rings. The molecule has 0 aromatic heterocycles. The van der Waals surface area contributed by atoms with Gasteiger partial charge in [-0.25, -0.2) is 0 Å². The van der Waals surface area contributed by atoms with Crippen LogP contribution in [0.3, 0.4) is 0 Å². The Bertz CT molecular complexity index is 456. The van der Waals surface area contributed by atoms with Gasteiger partial charge in [0.05, 0.1) is 11.4 Å². The molecule has 0 aliphatic carbocycles. The van der Waals surface area contributed by atoms with Gasteiger partial charge in [0.15, 0.2) is 0 Å². The van der Waals surface area contributed by atoms with Crippen LogP contribution in [-0.4, -0.2) is 30.4 Å². The third-order valence-electron chi connectivity index (χ3n) is 3.64. The zero-order valence-electron chi connectivity index (χ0n) is 11.7. The summed E-state index contributed by atoms with van der Waals surface area (Å²) < 4.78 is 0. The number of nitrogens with one attached hydrogen (secondary N) is 1. The van der Waals surface area contributed by atoms with E-state index in [0.717, 1.165) is 19.6 Å². The van der Waals surface area contributed by atoms with Crippen molar-refractivity contribution >= 4 is 28.9 Å². The third-order valence-corrected chi connectivity index (χ3v) is 3.88. The number of nitrogen functional groups attached to an aromatic ring is 1. The zero-order valence-corrected chi connectivity index (χ0v) is 12.5. The number of rotatable bonds is 4. The molecule has 2 rings (SSSR count). The second-order valence-corrected chi connectivity index (χ2v) is 5.72. The van der Waals surface area contributed by atoms with Gasteiger partial charge in [0.25, 0.3) is 0 Å². The molecule has 1 aliphatic rings. The molecule has 1 amide bonds. The summed E-state index contributed by atoms with van der Waals surface area (Å²) in [6.07, 6.45) is 5.58. The van der Waals surface area contributed by atoms with E-state index in [4.69, 9.17) is 17.3 Å². The van der Waals surface area contributed by atoms with E-state index in [1.807, 2.05) is 0 Å². The molecule has 5 heteroatoms. The van der Waals surface area contributed by atoms with Crippen LogP contribution in [0.4, 0.5) is 11.4 Å². The van der Waals surface area contributed by atoms with Crippen LogP contribution in [0, 0.1) is 0 Å². The van der Waals surface area contributed by atoms with Crippen molar-refractivity contribution in [1.82, 2.24) is 4.90 Å². The van der Waals surface area contributed by atoms with Crippen LogP contribution in [0.5, 0.6) is 0 Å². The molecule has 1 aliphatic heterocycles. The zero-order chi connectivity index (χ0) is 14.4. The predicted octanol–water partition coefficient (Wildman–Crippen LogP) is 3.13. The molecule has 20 heavy (non-hydrogen) atoms. The van der Waals surface area contributed by atoms with Gasteiger partial charge < -0.3 is 16.0 Å². The summed E-state index contributed by atoms with van der Waals surface area (Å²) in [5, 5.41) is 3.40. The van der Waals surface area contributed by atoms with Gasteiger partial charge >= 0.3 is 0 Å². The number of benzene rings is 1. The van der Waals surface area contributed by atoms with Crippen LogP contribution in [0.15, 0.2) is 18.2 Å². The lowest BCUT2D eigenvalue weighted by Crippen LogP contribution is -2.28. The first-order chi connectivity index (χ1) is 9.65. The van der Waals surface area contributed by atoms with Gasteiger partial charge in [0, 0.05) is 18.0 Å². The second kappa shape index (κ2) is 7.50. The summed E-state index contributed by atoms with van der Waals surface area (Å²) in [7, 11) is 0. The van der Waals surface area contributed by atoms with Gasteiger partial charge in [-0.3, -0.25) is 4.79 Å². The number of halogens is 1. The Morgan fingerprint density at radius 2 is 1.95 bits per heavy atom. The Balaban J connectivity index is 1.81. The molecule has 1 fully saturated rings. The normalized spacial score (nSPS) is 16.6. The Morgan fingerprint density at radius 3 is 2.65 bits per heavy atom. The van der Waals surface area contributed by atoms with Crippen molar-refractivity contribution in [3.05, 3.63) is 23.2 Å². The maximum absolute atomic E-state index is 12.0. The Kier molecular flexibility index (Phi) is 5.68. The van der Waals surface area contributed by atoms with Crippen LogP contribution in [0.25, 0.3) is 0 Å². The van der Waals surface area contributed by atoms with E-state index < -0.39 is 0 Å². The lowest BCUT2D eigenvalue weighted by Gasteiger charge is -2.19. The highest BCUT2D eigenvalue weighted by atomic mass is 35.5. The number of nitrogens with two attached hydrogens (primary N) is 1. The van der Waals surface area contributed by atoms with Crippen molar-refractivity contribution in [3.63, 3.8) is 0 Å². The Hall–Kier alpha value is -1.26. The minimum absolute atomic E-state index is 0.0109. The lowest BCUT2D eigenvalue weighted by molar-refractivity contribution is -0.116. The Morgan fingerprint density at radius 1 is 1.25 bits per heavy atom. The van der Waals surface area contributed by atoms with Crippen LogP contribution < -0.4 is 11.1 Å². The number of hydrogen-bond acceptors (Lipinski definition) is 3. The van der Waals surface area contributed by atoms with E-state index in [1.165, 1.54) is 25.7 Å². The van der Waals surface area contributed by atoms with Gasteiger partial charge in [0.1, 0.15) is 0 Å². The summed E-state index contributed by atoms with van der Waals surface area (Å²) in [4.78, 5) is 14.3. The number of likely N-dealkylation sites (tertiary alicyclic amines) is 1. The van der Waals surface area contributed by atoms with Crippen molar-refractivity contribution in [2.75, 3.05) is 30.7 Å². The minimum Gasteiger partial charge on any atom is -0.397 e. The molecule has 0 radical (unpaired) electrons. The minimum atomic E-state index is -0.0109. The molecule has 0 bridgehead atoms. The van der Waals surface area contributed by atoms with Gasteiger partial charge in [-0.2, -0.15) is 0 Å². The second-order valence-electron chi connectivity index (χ2n) is 5.29. The fraction of sp³-hybridized carbons (Fsp3) is 0.533. The monoisotopic (exact) mass is 295 g/mol. The number of nitrogens with zero attached hydrogens (tertiary/aromatic N) is 1. The van der Waals surface area contributed by atoms with E-state index in [0.29, 0.717) is 22.8 Å². The topological polar surface area (TPSA) is 58.4 Å². The smallest absolute Gasteiger partial charge is 0.225 e. The van der Waals surface area contributed by atoms with E-state index >= 15 is 0 Å². The van der Waals surface area contributed by atoms with E-state index in [2.05, 4.69) is 10.2 Å². The number of hydrogen-bond donors (Lipinski definition) is 2. The fourth-order valence-electron chi connectivity index (χ4n) is 2.47. The van der Waals surface area contributed by atoms with Crippen molar-refractivity contribution < 1.29 is 4.79 Å². The van der Waals surface area contributed by atoms with Crippen LogP contribution in [0.1, 0.15) is 32.1 Å². The maximum Gasteiger partial charge on any atom is 0.225 e. The standard InChI is InChI=1S/C15H22ClN3O/c16-12-5-6-13(17)14(11-12)18-15(20)7-10-19-8-3-1-2-4-9-19/h5-6,11H,1-4,7-10,17H2,(H,18,20). The average molecular weight is 296 g/mol. The van der Waals surface area contributed by atoms with E-state index in [9.17, 15) is 4.79 Å². The molecule has 1 heterocycles. The summed E-state index contributed by atoms with van der Waals surface area (Å²) in [6.45, 7) is 3.02. The third kappa shape index (κ3) is 4.69. The molecule has 3 N–H and O–H groups in total. The molecular weight excluding hydrogens is 274 g/mol. The van der Waals surface area contributed by atoms with Crippen molar-refractivity contribution in [3.8, 4) is 0 Å². The molecule has 0 spiro atoms. The highest BCUT2D eigenvalue weighted by Crippen LogP contribution is 2.23. The molecule has 0 unspecified atom stereocenters. The SMILES string of the molecule is Nc1ccc(Cl)cc1NC(=O)CCN1CCCCCC1. The summed E-state index contributed by atoms with van der Waals surface area (Å²) in [5.41, 5.74) is 6.95. The van der Waals surface area contributed by atoms with Gasteiger partial charge in [0.2, 0.25) is 5.91 Å². The summed E-state index contributed by atoms with van der Waals surface area (Å²) >= 11 is 5.90. The average Bonchev–Trinajstić information content (AvgIpc) is 2.69. The van der Waals surface area contributed by atoms with Crippen LogP contribution in [-0.2, 0) is 4.79 Å². The van der Waals surface area contributed by atoms with Crippen LogP contribution in [0.2, 0.25) is 5.02 Å². The van der Waals surface area contributed by atoms with Crippen molar-refractivity contribution in [2.24, 2.45) is 0 Å². The first kappa shape index (κ1) is 15.1. The van der Waals surface area contributed by atoms with Crippen molar-refractivity contribution in [1.29, 1.82) is 0 Å². The summed E-state index contributed by atoms with van der Waals surface area (Å²) in [5.74, 6) is -0.0109. The highest BCUT2D eigenvalue weighted by molar-refractivity contribution is 6.31. The summed E-state index contributed by atoms with van der Waals surface area (Å²) in [6, 6.07) is 5.09. The maximum atomic E-state index is 12.0. The largest absolute Gasteiger partial charge is 0.397 e. The molecular formula is C15H22ClN3O.